The third-order valence-corrected chi connectivity index (χ3v) is 3.50. The highest BCUT2D eigenvalue weighted by atomic mass is 79.9. The normalized spacial score (nSPS) is 12.2. The first-order valence-corrected chi connectivity index (χ1v) is 7.55. The molecule has 0 bridgehead atoms. The molecule has 1 N–H and O–H groups in total. The van der Waals surface area contributed by atoms with Gasteiger partial charge in [0.25, 0.3) is 0 Å². The predicted octanol–water partition coefficient (Wildman–Crippen LogP) is 5.14. The van der Waals surface area contributed by atoms with Crippen molar-refractivity contribution in [2.24, 2.45) is 5.92 Å². The van der Waals surface area contributed by atoms with Crippen LogP contribution in [0.25, 0.3) is 6.08 Å². The van der Waals surface area contributed by atoms with Crippen molar-refractivity contribution in [1.29, 1.82) is 0 Å². The molecule has 0 amide bonds. The molecule has 1 rings (SSSR count). The van der Waals surface area contributed by atoms with E-state index in [0.717, 1.165) is 34.6 Å². The lowest BCUT2D eigenvalue weighted by molar-refractivity contribution is 0.569. The van der Waals surface area contributed by atoms with Gasteiger partial charge in [-0.3, -0.25) is 0 Å². The summed E-state index contributed by atoms with van der Waals surface area (Å²) in [7, 11) is 0. The molecule has 0 radical (unpaired) electrons. The summed E-state index contributed by atoms with van der Waals surface area (Å²) < 4.78 is 1.01. The monoisotopic (exact) mass is 329 g/mol. The van der Waals surface area contributed by atoms with Gasteiger partial charge in [-0.2, -0.15) is 0 Å². The second-order valence-electron chi connectivity index (χ2n) is 4.85. The SMILES string of the molecule is CC/C(=C/c1ccc(Br)cc1Cl)CNCC(C)C. The lowest BCUT2D eigenvalue weighted by atomic mass is 10.1. The van der Waals surface area contributed by atoms with Crippen molar-refractivity contribution in [3.05, 3.63) is 38.8 Å². The Balaban J connectivity index is 2.71. The zero-order valence-electron chi connectivity index (χ0n) is 11.3. The van der Waals surface area contributed by atoms with Crippen LogP contribution in [0.1, 0.15) is 32.8 Å². The summed E-state index contributed by atoms with van der Waals surface area (Å²) in [6.45, 7) is 8.59. The van der Waals surface area contributed by atoms with Gasteiger partial charge in [0, 0.05) is 16.0 Å². The van der Waals surface area contributed by atoms with E-state index in [1.54, 1.807) is 0 Å². The average Bonchev–Trinajstić information content (AvgIpc) is 2.30. The van der Waals surface area contributed by atoms with Crippen molar-refractivity contribution in [2.45, 2.75) is 27.2 Å². The highest BCUT2D eigenvalue weighted by molar-refractivity contribution is 9.10. The molecule has 0 spiro atoms. The summed E-state index contributed by atoms with van der Waals surface area (Å²) >= 11 is 9.64. The standard InChI is InChI=1S/C15H21BrClN/c1-4-12(10-18-9-11(2)3)7-13-5-6-14(16)8-15(13)17/h5-8,11,18H,4,9-10H2,1-3H3/b12-7-. The average molecular weight is 331 g/mol. The fourth-order valence-electron chi connectivity index (χ4n) is 1.64. The van der Waals surface area contributed by atoms with E-state index in [0.29, 0.717) is 5.92 Å². The Morgan fingerprint density at radius 1 is 1.44 bits per heavy atom. The number of halogens is 2. The van der Waals surface area contributed by atoms with Crippen molar-refractivity contribution in [2.75, 3.05) is 13.1 Å². The highest BCUT2D eigenvalue weighted by Gasteiger charge is 2.01. The minimum Gasteiger partial charge on any atom is -0.313 e. The van der Waals surface area contributed by atoms with Crippen LogP contribution >= 0.6 is 27.5 Å². The first kappa shape index (κ1) is 15.7. The lowest BCUT2D eigenvalue weighted by Crippen LogP contribution is -2.21. The van der Waals surface area contributed by atoms with Crippen molar-refractivity contribution < 1.29 is 0 Å². The second kappa shape index (κ2) is 7.98. The number of hydrogen-bond acceptors (Lipinski definition) is 1. The van der Waals surface area contributed by atoms with Gasteiger partial charge in [-0.05, 0) is 36.6 Å². The minimum atomic E-state index is 0.680. The van der Waals surface area contributed by atoms with Gasteiger partial charge in [-0.25, -0.2) is 0 Å². The largest absolute Gasteiger partial charge is 0.313 e. The molecule has 0 unspecified atom stereocenters. The molecular formula is C15H21BrClN. The molecule has 0 atom stereocenters. The molecule has 0 saturated heterocycles. The fraction of sp³-hybridized carbons (Fsp3) is 0.467. The van der Waals surface area contributed by atoms with E-state index in [1.165, 1.54) is 5.57 Å². The Hall–Kier alpha value is -0.310. The van der Waals surface area contributed by atoms with E-state index in [9.17, 15) is 0 Å². The molecule has 3 heteroatoms. The Morgan fingerprint density at radius 2 is 2.17 bits per heavy atom. The molecule has 18 heavy (non-hydrogen) atoms. The van der Waals surface area contributed by atoms with Crippen LogP contribution < -0.4 is 5.32 Å². The molecule has 1 aromatic carbocycles. The molecule has 100 valence electrons. The van der Waals surface area contributed by atoms with Crippen LogP contribution in [0.4, 0.5) is 0 Å². The first-order chi connectivity index (χ1) is 8.52. The maximum absolute atomic E-state index is 6.22. The van der Waals surface area contributed by atoms with Crippen molar-refractivity contribution in [3.63, 3.8) is 0 Å². The summed E-state index contributed by atoms with van der Waals surface area (Å²) in [4.78, 5) is 0. The molecule has 0 heterocycles. The van der Waals surface area contributed by atoms with E-state index < -0.39 is 0 Å². The Kier molecular flexibility index (Phi) is 6.98. The van der Waals surface area contributed by atoms with Crippen LogP contribution in [-0.2, 0) is 0 Å². The van der Waals surface area contributed by atoms with E-state index in [2.05, 4.69) is 48.1 Å². The maximum atomic E-state index is 6.22. The zero-order valence-corrected chi connectivity index (χ0v) is 13.6. The van der Waals surface area contributed by atoms with Crippen LogP contribution in [0.15, 0.2) is 28.2 Å². The molecule has 1 aromatic rings. The van der Waals surface area contributed by atoms with E-state index >= 15 is 0 Å². The third-order valence-electron chi connectivity index (χ3n) is 2.68. The maximum Gasteiger partial charge on any atom is 0.0489 e. The van der Waals surface area contributed by atoms with Gasteiger partial charge in [0.15, 0.2) is 0 Å². The summed E-state index contributed by atoms with van der Waals surface area (Å²) in [6, 6.07) is 6.00. The third kappa shape index (κ3) is 5.55. The zero-order chi connectivity index (χ0) is 13.5. The van der Waals surface area contributed by atoms with Gasteiger partial charge in [-0.15, -0.1) is 0 Å². The van der Waals surface area contributed by atoms with Crippen LogP contribution in [0.3, 0.4) is 0 Å². The van der Waals surface area contributed by atoms with Gasteiger partial charge >= 0.3 is 0 Å². The Morgan fingerprint density at radius 3 is 2.72 bits per heavy atom. The summed E-state index contributed by atoms with van der Waals surface area (Å²) in [5.74, 6) is 0.680. The predicted molar refractivity (Wildman–Crippen MR) is 85.1 cm³/mol. The molecule has 0 aliphatic carbocycles. The smallest absolute Gasteiger partial charge is 0.0489 e. The van der Waals surface area contributed by atoms with Gasteiger partial charge in [0.05, 0.1) is 0 Å². The summed E-state index contributed by atoms with van der Waals surface area (Å²) in [5, 5.41) is 4.26. The van der Waals surface area contributed by atoms with Gasteiger partial charge in [0.1, 0.15) is 0 Å². The van der Waals surface area contributed by atoms with E-state index in [-0.39, 0.29) is 0 Å². The van der Waals surface area contributed by atoms with Gasteiger partial charge < -0.3 is 5.32 Å². The summed E-state index contributed by atoms with van der Waals surface area (Å²) in [6.07, 6.45) is 3.22. The van der Waals surface area contributed by atoms with E-state index in [4.69, 9.17) is 11.6 Å². The van der Waals surface area contributed by atoms with E-state index in [1.807, 2.05) is 18.2 Å². The molecule has 0 saturated carbocycles. The molecular weight excluding hydrogens is 310 g/mol. The fourth-order valence-corrected chi connectivity index (χ4v) is 2.37. The number of benzene rings is 1. The topological polar surface area (TPSA) is 12.0 Å². The van der Waals surface area contributed by atoms with Crippen LogP contribution in [0, 0.1) is 5.92 Å². The quantitative estimate of drug-likeness (QED) is 0.761. The molecule has 0 aliphatic heterocycles. The first-order valence-electron chi connectivity index (χ1n) is 6.38. The minimum absolute atomic E-state index is 0.680. The van der Waals surface area contributed by atoms with Gasteiger partial charge in [-0.1, -0.05) is 66.0 Å². The molecule has 0 aromatic heterocycles. The van der Waals surface area contributed by atoms with Crippen LogP contribution in [0.2, 0.25) is 5.02 Å². The summed E-state index contributed by atoms with van der Waals surface area (Å²) in [5.41, 5.74) is 2.46. The molecule has 0 fully saturated rings. The van der Waals surface area contributed by atoms with Gasteiger partial charge in [0.2, 0.25) is 0 Å². The highest BCUT2D eigenvalue weighted by Crippen LogP contribution is 2.23. The van der Waals surface area contributed by atoms with Crippen LogP contribution in [0.5, 0.6) is 0 Å². The molecule has 1 nitrogen and oxygen atoms in total. The lowest BCUT2D eigenvalue weighted by Gasteiger charge is -2.10. The van der Waals surface area contributed by atoms with Crippen LogP contribution in [-0.4, -0.2) is 13.1 Å². The van der Waals surface area contributed by atoms with Crippen molar-refractivity contribution >= 4 is 33.6 Å². The number of hydrogen-bond donors (Lipinski definition) is 1. The molecule has 0 aliphatic rings. The van der Waals surface area contributed by atoms with Crippen molar-refractivity contribution in [3.8, 4) is 0 Å². The number of rotatable bonds is 6. The number of nitrogens with one attached hydrogen (secondary N) is 1. The van der Waals surface area contributed by atoms with Crippen molar-refractivity contribution in [1.82, 2.24) is 5.32 Å². The second-order valence-corrected chi connectivity index (χ2v) is 6.17. The Bertz CT molecular complexity index is 413. The Labute approximate surface area is 124 Å².